The lowest BCUT2D eigenvalue weighted by atomic mass is 10.1. The Morgan fingerprint density at radius 2 is 1.59 bits per heavy atom. The van der Waals surface area contributed by atoms with Crippen molar-refractivity contribution >= 4 is 39.1 Å². The lowest BCUT2D eigenvalue weighted by molar-refractivity contribution is -0.138. The Morgan fingerprint density at radius 3 is 2.23 bits per heavy atom. The maximum absolute atomic E-state index is 13.9. The van der Waals surface area contributed by atoms with Crippen LogP contribution >= 0.6 is 11.6 Å². The minimum atomic E-state index is -4.22. The summed E-state index contributed by atoms with van der Waals surface area (Å²) in [5.74, 6) is -0.521. The van der Waals surface area contributed by atoms with Crippen LogP contribution in [0.5, 0.6) is 5.75 Å². The van der Waals surface area contributed by atoms with Crippen LogP contribution in [-0.2, 0) is 26.0 Å². The van der Waals surface area contributed by atoms with Gasteiger partial charge in [0.25, 0.3) is 10.0 Å². The van der Waals surface area contributed by atoms with E-state index in [1.807, 2.05) is 30.3 Å². The van der Waals surface area contributed by atoms with E-state index in [9.17, 15) is 18.0 Å². The van der Waals surface area contributed by atoms with Gasteiger partial charge in [0.05, 0.1) is 17.2 Å². The van der Waals surface area contributed by atoms with Crippen molar-refractivity contribution in [3.05, 3.63) is 89.4 Å². The normalized spacial score (nSPS) is 11.9. The van der Waals surface area contributed by atoms with E-state index < -0.39 is 28.5 Å². The Labute approximate surface area is 235 Å². The third-order valence-corrected chi connectivity index (χ3v) is 8.14. The number of hydrogen-bond donors (Lipinski definition) is 1. The Kier molecular flexibility index (Phi) is 10.8. The Balaban J connectivity index is 2.02. The zero-order valence-corrected chi connectivity index (χ0v) is 23.9. The van der Waals surface area contributed by atoms with Crippen molar-refractivity contribution in [2.75, 3.05) is 30.5 Å². The minimum absolute atomic E-state index is 0.0291. The smallest absolute Gasteiger partial charge is 0.264 e. The summed E-state index contributed by atoms with van der Waals surface area (Å²) in [6, 6.07) is 21.2. The molecule has 0 heterocycles. The monoisotopic (exact) mass is 571 g/mol. The summed E-state index contributed by atoms with van der Waals surface area (Å²) in [6.07, 6.45) is 0.496. The van der Waals surface area contributed by atoms with Crippen LogP contribution in [0.1, 0.15) is 26.3 Å². The first-order valence-electron chi connectivity index (χ1n) is 12.8. The lowest BCUT2D eigenvalue weighted by Gasteiger charge is -2.32. The van der Waals surface area contributed by atoms with Crippen LogP contribution in [0.15, 0.2) is 83.8 Å². The zero-order valence-electron chi connectivity index (χ0n) is 22.3. The third-order valence-electron chi connectivity index (χ3n) is 6.12. The van der Waals surface area contributed by atoms with Crippen molar-refractivity contribution in [2.45, 2.75) is 38.1 Å². The summed E-state index contributed by atoms with van der Waals surface area (Å²) < 4.78 is 34.6. The van der Waals surface area contributed by atoms with Crippen molar-refractivity contribution in [2.24, 2.45) is 0 Å². The van der Waals surface area contributed by atoms with Gasteiger partial charge in [-0.05, 0) is 69.2 Å². The van der Waals surface area contributed by atoms with E-state index in [1.165, 1.54) is 29.2 Å². The van der Waals surface area contributed by atoms with Crippen molar-refractivity contribution in [1.29, 1.82) is 0 Å². The van der Waals surface area contributed by atoms with Crippen molar-refractivity contribution in [3.63, 3.8) is 0 Å². The molecule has 1 atom stereocenters. The molecule has 0 fully saturated rings. The highest BCUT2D eigenvalue weighted by Gasteiger charge is 2.33. The molecular weight excluding hydrogens is 538 g/mol. The van der Waals surface area contributed by atoms with Gasteiger partial charge in [-0.15, -0.1) is 0 Å². The van der Waals surface area contributed by atoms with Crippen molar-refractivity contribution in [1.82, 2.24) is 10.2 Å². The molecule has 1 N–H and O–H groups in total. The molecule has 0 radical (unpaired) electrons. The predicted octanol–water partition coefficient (Wildman–Crippen LogP) is 4.53. The van der Waals surface area contributed by atoms with Gasteiger partial charge in [-0.3, -0.25) is 13.9 Å². The molecule has 0 saturated heterocycles. The number of carbonyl (C=O) groups is 2. The van der Waals surface area contributed by atoms with E-state index in [-0.39, 0.29) is 23.0 Å². The van der Waals surface area contributed by atoms with Crippen LogP contribution in [0.25, 0.3) is 0 Å². The van der Waals surface area contributed by atoms with Crippen molar-refractivity contribution in [3.8, 4) is 5.75 Å². The summed E-state index contributed by atoms with van der Waals surface area (Å²) in [6.45, 7) is 5.63. The second-order valence-electron chi connectivity index (χ2n) is 8.76. The molecule has 3 rings (SSSR count). The van der Waals surface area contributed by atoms with E-state index in [1.54, 1.807) is 45.0 Å². The van der Waals surface area contributed by atoms with Gasteiger partial charge in [0, 0.05) is 18.1 Å². The van der Waals surface area contributed by atoms with Gasteiger partial charge in [-0.2, -0.15) is 0 Å². The number of nitrogens with zero attached hydrogens (tertiary/aromatic N) is 2. The van der Waals surface area contributed by atoms with E-state index in [0.29, 0.717) is 30.3 Å². The third kappa shape index (κ3) is 7.74. The molecule has 10 heteroatoms. The van der Waals surface area contributed by atoms with Crippen LogP contribution in [0.4, 0.5) is 5.69 Å². The topological polar surface area (TPSA) is 96.0 Å². The molecule has 0 aliphatic heterocycles. The van der Waals surface area contributed by atoms with Gasteiger partial charge in [-0.1, -0.05) is 54.1 Å². The SMILES string of the molecule is CCNC(=O)C(C)N(CCc1ccccc1)C(=O)CN(c1ccccc1OCC)S(=O)(=O)c1ccc(Cl)cc1. The molecule has 8 nitrogen and oxygen atoms in total. The number of rotatable bonds is 13. The van der Waals surface area contributed by atoms with Crippen LogP contribution in [0.3, 0.4) is 0 Å². The zero-order chi connectivity index (χ0) is 28.4. The first kappa shape index (κ1) is 30.0. The van der Waals surface area contributed by atoms with Gasteiger partial charge < -0.3 is 15.0 Å². The van der Waals surface area contributed by atoms with Crippen LogP contribution in [0, 0.1) is 0 Å². The molecule has 2 amide bonds. The van der Waals surface area contributed by atoms with E-state index in [0.717, 1.165) is 9.87 Å². The van der Waals surface area contributed by atoms with Crippen LogP contribution in [0.2, 0.25) is 5.02 Å². The average Bonchev–Trinajstić information content (AvgIpc) is 2.93. The Morgan fingerprint density at radius 1 is 0.949 bits per heavy atom. The number of carbonyl (C=O) groups excluding carboxylic acids is 2. The number of sulfonamides is 1. The molecule has 0 spiro atoms. The molecular formula is C29H34ClN3O5S. The first-order chi connectivity index (χ1) is 18.7. The molecule has 0 saturated carbocycles. The molecule has 0 aliphatic rings. The number of anilines is 1. The standard InChI is InChI=1S/C29H34ClN3O5S/c1-4-31-29(35)22(3)32(20-19-23-11-7-6-8-12-23)28(34)21-33(26-13-9-10-14-27(26)38-5-2)39(36,37)25-17-15-24(30)16-18-25/h6-18,22H,4-5,19-21H2,1-3H3,(H,31,35). The molecule has 3 aromatic rings. The number of ether oxygens (including phenoxy) is 1. The largest absolute Gasteiger partial charge is 0.492 e. The van der Waals surface area contributed by atoms with Gasteiger partial charge in [0.2, 0.25) is 11.8 Å². The summed E-state index contributed by atoms with van der Waals surface area (Å²) >= 11 is 6.00. The number of amides is 2. The highest BCUT2D eigenvalue weighted by atomic mass is 35.5. The second kappa shape index (κ2) is 14.0. The van der Waals surface area contributed by atoms with Gasteiger partial charge in [-0.25, -0.2) is 8.42 Å². The summed E-state index contributed by atoms with van der Waals surface area (Å²) in [5.41, 5.74) is 1.21. The Hall–Kier alpha value is -3.56. The fraction of sp³-hybridized carbons (Fsp3) is 0.310. The van der Waals surface area contributed by atoms with E-state index in [4.69, 9.17) is 16.3 Å². The number of para-hydroxylation sites is 2. The second-order valence-corrected chi connectivity index (χ2v) is 11.1. The van der Waals surface area contributed by atoms with Gasteiger partial charge in [0.15, 0.2) is 0 Å². The summed E-state index contributed by atoms with van der Waals surface area (Å²) in [4.78, 5) is 28.0. The predicted molar refractivity (Wildman–Crippen MR) is 154 cm³/mol. The molecule has 0 aliphatic carbocycles. The molecule has 39 heavy (non-hydrogen) atoms. The quantitative estimate of drug-likeness (QED) is 0.325. The molecule has 0 aromatic heterocycles. The van der Waals surface area contributed by atoms with Crippen LogP contribution < -0.4 is 14.4 Å². The fourth-order valence-electron chi connectivity index (χ4n) is 4.08. The highest BCUT2D eigenvalue weighted by molar-refractivity contribution is 7.92. The van der Waals surface area contributed by atoms with E-state index >= 15 is 0 Å². The Bertz CT molecular complexity index is 1350. The number of hydrogen-bond acceptors (Lipinski definition) is 5. The summed E-state index contributed by atoms with van der Waals surface area (Å²) in [7, 11) is -4.22. The van der Waals surface area contributed by atoms with Gasteiger partial charge >= 0.3 is 0 Å². The number of benzene rings is 3. The molecule has 208 valence electrons. The molecule has 1 unspecified atom stereocenters. The average molecular weight is 572 g/mol. The first-order valence-corrected chi connectivity index (χ1v) is 14.6. The maximum Gasteiger partial charge on any atom is 0.264 e. The summed E-state index contributed by atoms with van der Waals surface area (Å²) in [5, 5.41) is 3.14. The number of nitrogens with one attached hydrogen (secondary N) is 1. The number of halogens is 1. The molecule has 0 bridgehead atoms. The lowest BCUT2D eigenvalue weighted by Crippen LogP contribution is -2.52. The fourth-order valence-corrected chi connectivity index (χ4v) is 5.63. The van der Waals surface area contributed by atoms with Crippen molar-refractivity contribution < 1.29 is 22.7 Å². The van der Waals surface area contributed by atoms with Gasteiger partial charge in [0.1, 0.15) is 18.3 Å². The van der Waals surface area contributed by atoms with Crippen LogP contribution in [-0.4, -0.2) is 57.4 Å². The molecule has 3 aromatic carbocycles. The number of likely N-dealkylation sites (N-methyl/N-ethyl adjacent to an activating group) is 1. The minimum Gasteiger partial charge on any atom is -0.492 e. The van der Waals surface area contributed by atoms with E-state index in [2.05, 4.69) is 5.32 Å². The highest BCUT2D eigenvalue weighted by Crippen LogP contribution is 2.33. The maximum atomic E-state index is 13.9.